The molecular weight excluding hydrogens is 361 g/mol. The quantitative estimate of drug-likeness (QED) is 0.840. The van der Waals surface area contributed by atoms with Crippen molar-refractivity contribution in [3.8, 4) is 0 Å². The molecule has 0 fully saturated rings. The monoisotopic (exact) mass is 371 g/mol. The minimum Gasteiger partial charge on any atom is -0.325 e. The van der Waals surface area contributed by atoms with E-state index in [-0.39, 0.29) is 4.90 Å². The number of sulfone groups is 1. The molecule has 0 radical (unpaired) electrons. The second kappa shape index (κ2) is 6.36. The molecule has 0 heterocycles. The molecule has 2 aromatic rings. The molecule has 21 heavy (non-hydrogen) atoms. The van der Waals surface area contributed by atoms with Crippen molar-refractivity contribution in [1.29, 1.82) is 0 Å². The van der Waals surface area contributed by atoms with E-state index in [1.807, 2.05) is 0 Å². The van der Waals surface area contributed by atoms with Crippen LogP contribution in [-0.4, -0.2) is 20.1 Å². The predicted octanol–water partition coefficient (Wildman–Crippen LogP) is 3.00. The van der Waals surface area contributed by atoms with Crippen molar-refractivity contribution in [2.75, 3.05) is 11.1 Å². The van der Waals surface area contributed by atoms with Gasteiger partial charge in [-0.25, -0.2) is 12.8 Å². The van der Waals surface area contributed by atoms with E-state index < -0.39 is 27.3 Å². The third-order valence-corrected chi connectivity index (χ3v) is 4.78. The largest absolute Gasteiger partial charge is 0.325 e. The molecular formula is C14H11BrFNO3S. The summed E-state index contributed by atoms with van der Waals surface area (Å²) in [6, 6.07) is 11.1. The summed E-state index contributed by atoms with van der Waals surface area (Å²) in [6.07, 6.45) is 0. The Morgan fingerprint density at radius 2 is 1.62 bits per heavy atom. The van der Waals surface area contributed by atoms with Gasteiger partial charge in [0.2, 0.25) is 5.91 Å². The molecule has 0 aliphatic carbocycles. The molecule has 0 saturated heterocycles. The SMILES string of the molecule is O=C(CS(=O)(=O)c1ccc(F)cc1)Nc1ccc(Br)cc1. The average molecular weight is 372 g/mol. The molecule has 0 atom stereocenters. The minimum atomic E-state index is -3.79. The fourth-order valence-electron chi connectivity index (χ4n) is 1.63. The maximum Gasteiger partial charge on any atom is 0.239 e. The van der Waals surface area contributed by atoms with Crippen molar-refractivity contribution in [1.82, 2.24) is 0 Å². The highest BCUT2D eigenvalue weighted by Crippen LogP contribution is 2.15. The summed E-state index contributed by atoms with van der Waals surface area (Å²) in [6.45, 7) is 0. The van der Waals surface area contributed by atoms with E-state index in [0.717, 1.165) is 28.7 Å². The maximum absolute atomic E-state index is 12.8. The van der Waals surface area contributed by atoms with Gasteiger partial charge in [0.1, 0.15) is 11.6 Å². The molecule has 0 bridgehead atoms. The van der Waals surface area contributed by atoms with Gasteiger partial charge in [0.15, 0.2) is 9.84 Å². The summed E-state index contributed by atoms with van der Waals surface area (Å²) in [7, 11) is -3.79. The lowest BCUT2D eigenvalue weighted by Crippen LogP contribution is -2.23. The highest BCUT2D eigenvalue weighted by Gasteiger charge is 2.19. The number of anilines is 1. The Kier molecular flexibility index (Phi) is 4.74. The molecule has 0 unspecified atom stereocenters. The van der Waals surface area contributed by atoms with E-state index in [1.54, 1.807) is 24.3 Å². The van der Waals surface area contributed by atoms with Gasteiger partial charge in [0, 0.05) is 10.2 Å². The van der Waals surface area contributed by atoms with Gasteiger partial charge in [0.05, 0.1) is 4.90 Å². The maximum atomic E-state index is 12.8. The number of amides is 1. The molecule has 7 heteroatoms. The van der Waals surface area contributed by atoms with Gasteiger partial charge < -0.3 is 5.32 Å². The van der Waals surface area contributed by atoms with Crippen LogP contribution in [0.3, 0.4) is 0 Å². The van der Waals surface area contributed by atoms with Gasteiger partial charge in [-0.15, -0.1) is 0 Å². The molecule has 2 aromatic carbocycles. The van der Waals surface area contributed by atoms with Gasteiger partial charge in [-0.2, -0.15) is 0 Å². The Balaban J connectivity index is 2.07. The Bertz CT molecular complexity index is 743. The van der Waals surface area contributed by atoms with E-state index in [4.69, 9.17) is 0 Å². The highest BCUT2D eigenvalue weighted by molar-refractivity contribution is 9.10. The second-order valence-electron chi connectivity index (χ2n) is 4.27. The molecule has 110 valence electrons. The lowest BCUT2D eigenvalue weighted by atomic mass is 10.3. The molecule has 0 aromatic heterocycles. The van der Waals surface area contributed by atoms with Crippen molar-refractivity contribution >= 4 is 37.4 Å². The number of hydrogen-bond acceptors (Lipinski definition) is 3. The first-order valence-electron chi connectivity index (χ1n) is 5.90. The predicted molar refractivity (Wildman–Crippen MR) is 81.2 cm³/mol. The number of carbonyl (C=O) groups is 1. The van der Waals surface area contributed by atoms with Crippen LogP contribution in [0.4, 0.5) is 10.1 Å². The number of carbonyl (C=O) groups excluding carboxylic acids is 1. The van der Waals surface area contributed by atoms with Crippen LogP contribution in [0.25, 0.3) is 0 Å². The third kappa shape index (κ3) is 4.37. The molecule has 0 aliphatic rings. The molecule has 4 nitrogen and oxygen atoms in total. The molecule has 1 amide bonds. The van der Waals surface area contributed by atoms with Crippen molar-refractivity contribution in [2.45, 2.75) is 4.90 Å². The van der Waals surface area contributed by atoms with E-state index >= 15 is 0 Å². The lowest BCUT2D eigenvalue weighted by molar-refractivity contribution is -0.113. The number of hydrogen-bond donors (Lipinski definition) is 1. The van der Waals surface area contributed by atoms with Crippen LogP contribution in [0.15, 0.2) is 57.9 Å². The van der Waals surface area contributed by atoms with Crippen LogP contribution < -0.4 is 5.32 Å². The van der Waals surface area contributed by atoms with E-state index in [1.165, 1.54) is 0 Å². The number of nitrogens with one attached hydrogen (secondary N) is 1. The number of benzene rings is 2. The number of rotatable bonds is 4. The first kappa shape index (κ1) is 15.7. The van der Waals surface area contributed by atoms with Gasteiger partial charge >= 0.3 is 0 Å². The van der Waals surface area contributed by atoms with E-state index in [2.05, 4.69) is 21.2 Å². The normalized spacial score (nSPS) is 11.1. The summed E-state index contributed by atoms with van der Waals surface area (Å²) in [4.78, 5) is 11.7. The zero-order chi connectivity index (χ0) is 15.5. The van der Waals surface area contributed by atoms with Crippen LogP contribution in [0.1, 0.15) is 0 Å². The fraction of sp³-hybridized carbons (Fsp3) is 0.0714. The van der Waals surface area contributed by atoms with E-state index in [0.29, 0.717) is 5.69 Å². The van der Waals surface area contributed by atoms with Crippen molar-refractivity contribution < 1.29 is 17.6 Å². The molecule has 1 N–H and O–H groups in total. The van der Waals surface area contributed by atoms with Crippen LogP contribution in [0.2, 0.25) is 0 Å². The number of halogens is 2. The summed E-state index contributed by atoms with van der Waals surface area (Å²) in [5, 5.41) is 2.49. The molecule has 2 rings (SSSR count). The van der Waals surface area contributed by atoms with E-state index in [9.17, 15) is 17.6 Å². The first-order chi connectivity index (χ1) is 9.87. The van der Waals surface area contributed by atoms with Gasteiger partial charge in [-0.3, -0.25) is 4.79 Å². The van der Waals surface area contributed by atoms with Crippen LogP contribution in [-0.2, 0) is 14.6 Å². The van der Waals surface area contributed by atoms with Crippen LogP contribution >= 0.6 is 15.9 Å². The Morgan fingerprint density at radius 3 is 2.19 bits per heavy atom. The summed E-state index contributed by atoms with van der Waals surface area (Å²) < 4.78 is 37.6. The van der Waals surface area contributed by atoms with Gasteiger partial charge in [-0.05, 0) is 48.5 Å². The molecule has 0 saturated carbocycles. The van der Waals surface area contributed by atoms with Crippen molar-refractivity contribution in [3.05, 3.63) is 58.8 Å². The fourth-order valence-corrected chi connectivity index (χ4v) is 3.03. The standard InChI is InChI=1S/C14H11BrFNO3S/c15-10-1-5-12(6-2-10)17-14(18)9-21(19,20)13-7-3-11(16)4-8-13/h1-8H,9H2,(H,17,18). The zero-order valence-corrected chi connectivity index (χ0v) is 13.1. The van der Waals surface area contributed by atoms with Crippen LogP contribution in [0.5, 0.6) is 0 Å². The average Bonchev–Trinajstić information content (AvgIpc) is 2.41. The third-order valence-electron chi connectivity index (χ3n) is 2.62. The molecule has 0 aliphatic heterocycles. The Morgan fingerprint density at radius 1 is 1.05 bits per heavy atom. The topological polar surface area (TPSA) is 63.2 Å². The minimum absolute atomic E-state index is 0.0881. The van der Waals surface area contributed by atoms with Crippen molar-refractivity contribution in [3.63, 3.8) is 0 Å². The smallest absolute Gasteiger partial charge is 0.239 e. The summed E-state index contributed by atoms with van der Waals surface area (Å²) in [5.41, 5.74) is 0.498. The second-order valence-corrected chi connectivity index (χ2v) is 7.17. The summed E-state index contributed by atoms with van der Waals surface area (Å²) in [5.74, 6) is -1.88. The van der Waals surface area contributed by atoms with Crippen LogP contribution in [0, 0.1) is 5.82 Å². The highest BCUT2D eigenvalue weighted by atomic mass is 79.9. The molecule has 0 spiro atoms. The Labute approximate surface area is 130 Å². The first-order valence-corrected chi connectivity index (χ1v) is 8.35. The summed E-state index contributed by atoms with van der Waals surface area (Å²) >= 11 is 3.26. The Hall–Kier alpha value is -1.73. The zero-order valence-electron chi connectivity index (χ0n) is 10.7. The van der Waals surface area contributed by atoms with Gasteiger partial charge in [0.25, 0.3) is 0 Å². The lowest BCUT2D eigenvalue weighted by Gasteiger charge is -2.06. The van der Waals surface area contributed by atoms with Crippen molar-refractivity contribution in [2.24, 2.45) is 0 Å². The van der Waals surface area contributed by atoms with Gasteiger partial charge in [-0.1, -0.05) is 15.9 Å².